The van der Waals surface area contributed by atoms with Crippen molar-refractivity contribution >= 4 is 5.84 Å². The van der Waals surface area contributed by atoms with Crippen LogP contribution in [0.25, 0.3) is 0 Å². The summed E-state index contributed by atoms with van der Waals surface area (Å²) in [6.45, 7) is 2.29. The number of likely N-dealkylation sites (tertiary alicyclic amines) is 1. The second kappa shape index (κ2) is 4.16. The molecule has 0 bridgehead atoms. The Morgan fingerprint density at radius 1 is 1.12 bits per heavy atom. The van der Waals surface area contributed by atoms with Crippen molar-refractivity contribution in [3.63, 3.8) is 0 Å². The first-order valence-electron chi connectivity index (χ1n) is 5.96. The molecule has 0 aromatic heterocycles. The highest BCUT2D eigenvalue weighted by molar-refractivity contribution is 5.83. The van der Waals surface area contributed by atoms with Gasteiger partial charge >= 0.3 is 0 Å². The minimum absolute atomic E-state index is 0.122. The smallest absolute Gasteiger partial charge is 0.159 e. The van der Waals surface area contributed by atoms with Gasteiger partial charge in [0.1, 0.15) is 5.84 Å². The molecule has 16 heavy (non-hydrogen) atoms. The molecule has 2 heterocycles. The molecule has 3 nitrogen and oxygen atoms in total. The number of oxime groups is 1. The van der Waals surface area contributed by atoms with Crippen molar-refractivity contribution in [1.82, 2.24) is 4.90 Å². The number of amidine groups is 1. The number of rotatable bonds is 1. The first-order valence-corrected chi connectivity index (χ1v) is 5.96. The van der Waals surface area contributed by atoms with Gasteiger partial charge in [0.15, 0.2) is 6.10 Å². The fourth-order valence-electron chi connectivity index (χ4n) is 2.37. The van der Waals surface area contributed by atoms with Crippen molar-refractivity contribution in [3.8, 4) is 0 Å². The Balaban J connectivity index is 1.67. The molecule has 84 valence electrons. The first-order chi connectivity index (χ1) is 7.93. The first kappa shape index (κ1) is 9.70. The highest BCUT2D eigenvalue weighted by atomic mass is 16.6. The highest BCUT2D eigenvalue weighted by Gasteiger charge is 2.27. The molecule has 1 aromatic rings. The highest BCUT2D eigenvalue weighted by Crippen LogP contribution is 2.29. The van der Waals surface area contributed by atoms with Gasteiger partial charge in [-0.15, -0.1) is 0 Å². The monoisotopic (exact) mass is 216 g/mol. The van der Waals surface area contributed by atoms with E-state index in [1.165, 1.54) is 18.4 Å². The van der Waals surface area contributed by atoms with Gasteiger partial charge in [0, 0.05) is 13.1 Å². The van der Waals surface area contributed by atoms with Crippen LogP contribution in [0.2, 0.25) is 0 Å². The van der Waals surface area contributed by atoms with Crippen LogP contribution in [-0.4, -0.2) is 23.8 Å². The predicted octanol–water partition coefficient (Wildman–Crippen LogP) is 2.56. The SMILES string of the molecule is c1ccc(C2CC(N3CCCC3)=NO2)cc1. The third kappa shape index (κ3) is 1.77. The van der Waals surface area contributed by atoms with Crippen molar-refractivity contribution in [2.75, 3.05) is 13.1 Å². The van der Waals surface area contributed by atoms with Gasteiger partial charge in [0.2, 0.25) is 0 Å². The maximum absolute atomic E-state index is 5.51. The molecule has 3 heteroatoms. The summed E-state index contributed by atoms with van der Waals surface area (Å²) >= 11 is 0. The summed E-state index contributed by atoms with van der Waals surface area (Å²) in [5.41, 5.74) is 1.22. The number of benzene rings is 1. The van der Waals surface area contributed by atoms with E-state index in [1.807, 2.05) is 18.2 Å². The predicted molar refractivity (Wildman–Crippen MR) is 63.1 cm³/mol. The summed E-state index contributed by atoms with van der Waals surface area (Å²) in [5, 5.41) is 4.22. The van der Waals surface area contributed by atoms with Gasteiger partial charge in [-0.2, -0.15) is 0 Å². The lowest BCUT2D eigenvalue weighted by atomic mass is 10.1. The Bertz CT molecular complexity index is 382. The molecule has 0 saturated carbocycles. The zero-order chi connectivity index (χ0) is 10.8. The summed E-state index contributed by atoms with van der Waals surface area (Å²) in [6.07, 6.45) is 3.62. The van der Waals surface area contributed by atoms with Gasteiger partial charge in [0.25, 0.3) is 0 Å². The van der Waals surface area contributed by atoms with Crippen molar-refractivity contribution in [1.29, 1.82) is 0 Å². The molecule has 1 fully saturated rings. The molecule has 1 aromatic carbocycles. The zero-order valence-corrected chi connectivity index (χ0v) is 9.30. The average Bonchev–Trinajstić information content (AvgIpc) is 3.01. The lowest BCUT2D eigenvalue weighted by Crippen LogP contribution is -2.26. The van der Waals surface area contributed by atoms with Crippen LogP contribution in [0.15, 0.2) is 35.5 Å². The quantitative estimate of drug-likeness (QED) is 0.720. The maximum atomic E-state index is 5.51. The van der Waals surface area contributed by atoms with E-state index in [4.69, 9.17) is 4.84 Å². The van der Waals surface area contributed by atoms with Crippen molar-refractivity contribution in [2.45, 2.75) is 25.4 Å². The van der Waals surface area contributed by atoms with Crippen molar-refractivity contribution in [3.05, 3.63) is 35.9 Å². The number of hydrogen-bond acceptors (Lipinski definition) is 3. The molecule has 0 N–H and O–H groups in total. The van der Waals surface area contributed by atoms with Crippen LogP contribution in [0.5, 0.6) is 0 Å². The lowest BCUT2D eigenvalue weighted by molar-refractivity contribution is 0.0856. The van der Waals surface area contributed by atoms with E-state index in [0.717, 1.165) is 25.3 Å². The molecule has 3 rings (SSSR count). The van der Waals surface area contributed by atoms with Crippen LogP contribution in [0.3, 0.4) is 0 Å². The van der Waals surface area contributed by atoms with E-state index in [9.17, 15) is 0 Å². The van der Waals surface area contributed by atoms with Gasteiger partial charge in [-0.05, 0) is 18.4 Å². The molecule has 0 radical (unpaired) electrons. The average molecular weight is 216 g/mol. The molecule has 0 amide bonds. The Morgan fingerprint density at radius 3 is 2.62 bits per heavy atom. The number of nitrogens with zero attached hydrogens (tertiary/aromatic N) is 2. The van der Waals surface area contributed by atoms with Crippen LogP contribution < -0.4 is 0 Å². The maximum Gasteiger partial charge on any atom is 0.159 e. The normalized spacial score (nSPS) is 24.4. The fraction of sp³-hybridized carbons (Fsp3) is 0.462. The molecule has 1 atom stereocenters. The van der Waals surface area contributed by atoms with E-state index in [1.54, 1.807) is 0 Å². The fourth-order valence-corrected chi connectivity index (χ4v) is 2.37. The van der Waals surface area contributed by atoms with Crippen LogP contribution in [0.1, 0.15) is 30.9 Å². The zero-order valence-electron chi connectivity index (χ0n) is 9.30. The number of hydrogen-bond donors (Lipinski definition) is 0. The molecular weight excluding hydrogens is 200 g/mol. The molecule has 1 saturated heterocycles. The van der Waals surface area contributed by atoms with E-state index in [-0.39, 0.29) is 6.10 Å². The van der Waals surface area contributed by atoms with Gasteiger partial charge in [0.05, 0.1) is 6.42 Å². The second-order valence-electron chi connectivity index (χ2n) is 4.41. The summed E-state index contributed by atoms with van der Waals surface area (Å²) in [5.74, 6) is 1.13. The van der Waals surface area contributed by atoms with E-state index in [2.05, 4.69) is 22.2 Å². The van der Waals surface area contributed by atoms with Gasteiger partial charge in [-0.25, -0.2) is 0 Å². The third-order valence-corrected chi connectivity index (χ3v) is 3.30. The molecule has 1 unspecified atom stereocenters. The third-order valence-electron chi connectivity index (χ3n) is 3.30. The Morgan fingerprint density at radius 2 is 1.88 bits per heavy atom. The molecule has 0 aliphatic carbocycles. The summed E-state index contributed by atoms with van der Waals surface area (Å²) in [6, 6.07) is 10.3. The van der Waals surface area contributed by atoms with Crippen molar-refractivity contribution < 1.29 is 4.84 Å². The molecule has 0 spiro atoms. The molecular formula is C13H16N2O. The van der Waals surface area contributed by atoms with Gasteiger partial charge in [-0.3, -0.25) is 0 Å². The van der Waals surface area contributed by atoms with Crippen LogP contribution in [0.4, 0.5) is 0 Å². The summed E-state index contributed by atoms with van der Waals surface area (Å²) in [7, 11) is 0. The molecule has 2 aliphatic heterocycles. The minimum atomic E-state index is 0.122. The lowest BCUT2D eigenvalue weighted by Gasteiger charge is -2.15. The van der Waals surface area contributed by atoms with Crippen LogP contribution >= 0.6 is 0 Å². The minimum Gasteiger partial charge on any atom is -0.386 e. The van der Waals surface area contributed by atoms with Crippen LogP contribution in [-0.2, 0) is 4.84 Å². The van der Waals surface area contributed by atoms with E-state index in [0.29, 0.717) is 0 Å². The van der Waals surface area contributed by atoms with E-state index >= 15 is 0 Å². The Kier molecular flexibility index (Phi) is 2.52. The second-order valence-corrected chi connectivity index (χ2v) is 4.41. The Labute approximate surface area is 95.7 Å². The topological polar surface area (TPSA) is 24.8 Å². The standard InChI is InChI=1S/C13H16N2O/c1-2-6-11(7-3-1)12-10-13(14-16-12)15-8-4-5-9-15/h1-3,6-7,12H,4-5,8-10H2. The van der Waals surface area contributed by atoms with Crippen molar-refractivity contribution in [2.24, 2.45) is 5.16 Å². The largest absolute Gasteiger partial charge is 0.386 e. The van der Waals surface area contributed by atoms with Crippen LogP contribution in [0, 0.1) is 0 Å². The molecule has 2 aliphatic rings. The Hall–Kier alpha value is -1.51. The van der Waals surface area contributed by atoms with Gasteiger partial charge < -0.3 is 9.74 Å². The van der Waals surface area contributed by atoms with E-state index < -0.39 is 0 Å². The van der Waals surface area contributed by atoms with Gasteiger partial charge in [-0.1, -0.05) is 35.5 Å². The summed E-state index contributed by atoms with van der Waals surface area (Å²) < 4.78 is 0. The summed E-state index contributed by atoms with van der Waals surface area (Å²) in [4.78, 5) is 7.86.